The molecule has 0 aliphatic carbocycles. The molecule has 0 radical (unpaired) electrons. The molecular weight excluding hydrogens is 236 g/mol. The maximum Gasteiger partial charge on any atom is 0.232 e. The van der Waals surface area contributed by atoms with Gasteiger partial charge in [-0.15, -0.1) is 0 Å². The number of carbonyl (C=O) groups is 1. The van der Waals surface area contributed by atoms with Crippen molar-refractivity contribution >= 4 is 5.91 Å². The molecule has 0 bridgehead atoms. The number of amides is 1. The third-order valence-electron chi connectivity index (χ3n) is 3.63. The van der Waals surface area contributed by atoms with Crippen LogP contribution in [0.2, 0.25) is 0 Å². The summed E-state index contributed by atoms with van der Waals surface area (Å²) < 4.78 is 0. The lowest BCUT2D eigenvalue weighted by Crippen LogP contribution is -2.45. The number of nitrogens with two attached hydrogens (primary N) is 1. The van der Waals surface area contributed by atoms with Gasteiger partial charge in [0.25, 0.3) is 0 Å². The van der Waals surface area contributed by atoms with Gasteiger partial charge in [0.15, 0.2) is 0 Å². The fourth-order valence-electron chi connectivity index (χ4n) is 2.18. The molecule has 1 aromatic carbocycles. The summed E-state index contributed by atoms with van der Waals surface area (Å²) >= 11 is 0. The number of carbonyl (C=O) groups excluding carboxylic acids is 1. The first kappa shape index (κ1) is 15.7. The maximum absolute atomic E-state index is 12.7. The first-order valence-electron chi connectivity index (χ1n) is 6.98. The van der Waals surface area contributed by atoms with E-state index in [-0.39, 0.29) is 5.91 Å². The zero-order valence-electron chi connectivity index (χ0n) is 12.5. The molecule has 0 fully saturated rings. The van der Waals surface area contributed by atoms with Crippen LogP contribution in [0.1, 0.15) is 33.3 Å². The van der Waals surface area contributed by atoms with E-state index in [1.165, 1.54) is 0 Å². The Balaban J connectivity index is 2.90. The van der Waals surface area contributed by atoms with Crippen LogP contribution < -0.4 is 5.73 Å². The van der Waals surface area contributed by atoms with E-state index in [4.69, 9.17) is 5.73 Å². The van der Waals surface area contributed by atoms with Gasteiger partial charge in [-0.2, -0.15) is 0 Å². The molecule has 2 N–H and O–H groups in total. The van der Waals surface area contributed by atoms with Crippen molar-refractivity contribution in [3.8, 4) is 0 Å². The van der Waals surface area contributed by atoms with E-state index < -0.39 is 5.41 Å². The Bertz CT molecular complexity index is 400. The van der Waals surface area contributed by atoms with Crippen LogP contribution in [-0.2, 0) is 10.2 Å². The minimum Gasteiger partial charge on any atom is -0.342 e. The lowest BCUT2D eigenvalue weighted by molar-refractivity contribution is -0.136. The standard InChI is InChI=1S/C16H26N2O/c1-5-18(12-13(2)11-17)15(19)16(3,4)14-9-7-6-8-10-14/h6-10,13H,5,11-12,17H2,1-4H3. The van der Waals surface area contributed by atoms with Gasteiger partial charge >= 0.3 is 0 Å². The van der Waals surface area contributed by atoms with E-state index >= 15 is 0 Å². The maximum atomic E-state index is 12.7. The number of hydrogen-bond donors (Lipinski definition) is 1. The van der Waals surface area contributed by atoms with Crippen molar-refractivity contribution < 1.29 is 4.79 Å². The molecule has 1 amide bonds. The van der Waals surface area contributed by atoms with Crippen molar-refractivity contribution in [2.75, 3.05) is 19.6 Å². The summed E-state index contributed by atoms with van der Waals surface area (Å²) in [6, 6.07) is 9.95. The molecule has 0 spiro atoms. The summed E-state index contributed by atoms with van der Waals surface area (Å²) in [4.78, 5) is 14.6. The monoisotopic (exact) mass is 262 g/mol. The summed E-state index contributed by atoms with van der Waals surface area (Å²) in [7, 11) is 0. The third kappa shape index (κ3) is 3.80. The van der Waals surface area contributed by atoms with Crippen LogP contribution in [0.15, 0.2) is 30.3 Å². The molecule has 1 aromatic rings. The molecule has 19 heavy (non-hydrogen) atoms. The van der Waals surface area contributed by atoms with E-state index in [0.29, 0.717) is 12.5 Å². The summed E-state index contributed by atoms with van der Waals surface area (Å²) in [5, 5.41) is 0. The van der Waals surface area contributed by atoms with E-state index in [9.17, 15) is 4.79 Å². The van der Waals surface area contributed by atoms with E-state index in [1.54, 1.807) is 0 Å². The summed E-state index contributed by atoms with van der Waals surface area (Å²) in [6.45, 7) is 10.1. The molecule has 0 aliphatic heterocycles. The topological polar surface area (TPSA) is 46.3 Å². The van der Waals surface area contributed by atoms with Crippen LogP contribution in [0.4, 0.5) is 0 Å². The number of rotatable bonds is 6. The van der Waals surface area contributed by atoms with Gasteiger partial charge in [-0.3, -0.25) is 4.79 Å². The van der Waals surface area contributed by atoms with Crippen LogP contribution in [0.3, 0.4) is 0 Å². The zero-order chi connectivity index (χ0) is 14.5. The zero-order valence-corrected chi connectivity index (χ0v) is 12.5. The highest BCUT2D eigenvalue weighted by molar-refractivity contribution is 5.87. The summed E-state index contributed by atoms with van der Waals surface area (Å²) in [6.07, 6.45) is 0. The predicted molar refractivity (Wildman–Crippen MR) is 79.9 cm³/mol. The molecule has 0 saturated heterocycles. The van der Waals surface area contributed by atoms with Gasteiger partial charge in [0.05, 0.1) is 5.41 Å². The van der Waals surface area contributed by atoms with Crippen LogP contribution in [0.25, 0.3) is 0 Å². The second-order valence-electron chi connectivity index (χ2n) is 5.68. The average molecular weight is 262 g/mol. The van der Waals surface area contributed by atoms with Gasteiger partial charge in [-0.25, -0.2) is 0 Å². The van der Waals surface area contributed by atoms with Gasteiger partial charge in [-0.05, 0) is 38.8 Å². The lowest BCUT2D eigenvalue weighted by atomic mass is 9.83. The second-order valence-corrected chi connectivity index (χ2v) is 5.68. The van der Waals surface area contributed by atoms with Crippen LogP contribution in [-0.4, -0.2) is 30.4 Å². The Morgan fingerprint density at radius 1 is 1.32 bits per heavy atom. The first-order valence-corrected chi connectivity index (χ1v) is 6.98. The van der Waals surface area contributed by atoms with Crippen molar-refractivity contribution in [1.82, 2.24) is 4.90 Å². The van der Waals surface area contributed by atoms with Crippen LogP contribution in [0, 0.1) is 5.92 Å². The lowest BCUT2D eigenvalue weighted by Gasteiger charge is -2.33. The van der Waals surface area contributed by atoms with Crippen LogP contribution >= 0.6 is 0 Å². The van der Waals surface area contributed by atoms with Crippen molar-refractivity contribution in [3.05, 3.63) is 35.9 Å². The number of benzene rings is 1. The van der Waals surface area contributed by atoms with Gasteiger partial charge in [0.1, 0.15) is 0 Å². The van der Waals surface area contributed by atoms with Gasteiger partial charge < -0.3 is 10.6 Å². The molecule has 106 valence electrons. The van der Waals surface area contributed by atoms with E-state index in [0.717, 1.165) is 18.7 Å². The Morgan fingerprint density at radius 2 is 1.89 bits per heavy atom. The predicted octanol–water partition coefficient (Wildman–Crippen LogP) is 2.41. The van der Waals surface area contributed by atoms with Gasteiger partial charge in [0, 0.05) is 13.1 Å². The molecule has 3 nitrogen and oxygen atoms in total. The second kappa shape index (κ2) is 6.71. The Morgan fingerprint density at radius 3 is 2.37 bits per heavy atom. The largest absolute Gasteiger partial charge is 0.342 e. The molecule has 0 aliphatic rings. The number of nitrogens with zero attached hydrogens (tertiary/aromatic N) is 1. The highest BCUT2D eigenvalue weighted by Crippen LogP contribution is 2.25. The molecule has 0 saturated carbocycles. The molecule has 3 heteroatoms. The van der Waals surface area contributed by atoms with E-state index in [1.807, 2.05) is 56.0 Å². The van der Waals surface area contributed by atoms with Crippen molar-refractivity contribution in [2.45, 2.75) is 33.1 Å². The number of hydrogen-bond acceptors (Lipinski definition) is 2. The first-order chi connectivity index (χ1) is 8.93. The Kier molecular flexibility index (Phi) is 5.55. The van der Waals surface area contributed by atoms with Crippen LogP contribution in [0.5, 0.6) is 0 Å². The van der Waals surface area contributed by atoms with Crippen molar-refractivity contribution in [2.24, 2.45) is 11.7 Å². The fourth-order valence-corrected chi connectivity index (χ4v) is 2.18. The third-order valence-corrected chi connectivity index (χ3v) is 3.63. The van der Waals surface area contributed by atoms with Crippen molar-refractivity contribution in [3.63, 3.8) is 0 Å². The molecular formula is C16H26N2O. The Hall–Kier alpha value is -1.35. The Labute approximate surface area is 116 Å². The van der Waals surface area contributed by atoms with Crippen molar-refractivity contribution in [1.29, 1.82) is 0 Å². The summed E-state index contributed by atoms with van der Waals surface area (Å²) in [5.41, 5.74) is 6.22. The average Bonchev–Trinajstić information content (AvgIpc) is 2.44. The van der Waals surface area contributed by atoms with Gasteiger partial charge in [0.2, 0.25) is 5.91 Å². The highest BCUT2D eigenvalue weighted by Gasteiger charge is 2.33. The van der Waals surface area contributed by atoms with E-state index in [2.05, 4.69) is 6.92 Å². The fraction of sp³-hybridized carbons (Fsp3) is 0.562. The highest BCUT2D eigenvalue weighted by atomic mass is 16.2. The molecule has 1 unspecified atom stereocenters. The molecule has 1 rings (SSSR count). The summed E-state index contributed by atoms with van der Waals surface area (Å²) in [5.74, 6) is 0.497. The molecule has 0 heterocycles. The SMILES string of the molecule is CCN(CC(C)CN)C(=O)C(C)(C)c1ccccc1. The molecule has 0 aromatic heterocycles. The smallest absolute Gasteiger partial charge is 0.232 e. The minimum absolute atomic E-state index is 0.168. The normalized spacial score (nSPS) is 13.1. The molecule has 1 atom stereocenters. The minimum atomic E-state index is -0.494. The number of likely N-dealkylation sites (N-methyl/N-ethyl adjacent to an activating group) is 1. The van der Waals surface area contributed by atoms with Gasteiger partial charge in [-0.1, -0.05) is 37.3 Å². The quantitative estimate of drug-likeness (QED) is 0.855.